The van der Waals surface area contributed by atoms with E-state index < -0.39 is 0 Å². The first-order valence-corrected chi connectivity index (χ1v) is 8.34. The molecule has 116 valence electrons. The highest BCUT2D eigenvalue weighted by atomic mass is 16.5. The Hall–Kier alpha value is -1.06. The number of nitrogens with one attached hydrogen (secondary N) is 1. The molecule has 0 aromatic heterocycles. The van der Waals surface area contributed by atoms with Gasteiger partial charge in [-0.2, -0.15) is 0 Å². The fraction of sp³-hybridized carbons (Fsp3) is 0.667. The Morgan fingerprint density at radius 1 is 1.29 bits per heavy atom. The lowest BCUT2D eigenvalue weighted by molar-refractivity contribution is 0.192. The van der Waals surface area contributed by atoms with Crippen molar-refractivity contribution in [1.82, 2.24) is 10.2 Å². The highest BCUT2D eigenvalue weighted by Crippen LogP contribution is 2.30. The van der Waals surface area contributed by atoms with Crippen molar-refractivity contribution >= 4 is 0 Å². The Morgan fingerprint density at radius 3 is 2.76 bits per heavy atom. The zero-order chi connectivity index (χ0) is 14.7. The average molecular weight is 288 g/mol. The van der Waals surface area contributed by atoms with E-state index >= 15 is 0 Å². The van der Waals surface area contributed by atoms with Gasteiger partial charge in [-0.1, -0.05) is 12.1 Å². The number of hydrogen-bond acceptors (Lipinski definition) is 3. The third-order valence-electron chi connectivity index (χ3n) is 4.80. The van der Waals surface area contributed by atoms with Crippen molar-refractivity contribution in [3.8, 4) is 5.75 Å². The number of nitrogens with zero attached hydrogens (tertiary/aromatic N) is 1. The van der Waals surface area contributed by atoms with E-state index in [2.05, 4.69) is 35.3 Å². The van der Waals surface area contributed by atoms with E-state index in [1.54, 1.807) is 7.11 Å². The second-order valence-electron chi connectivity index (χ2n) is 6.68. The van der Waals surface area contributed by atoms with Crippen LogP contribution in [0.4, 0.5) is 0 Å². The van der Waals surface area contributed by atoms with E-state index in [1.807, 2.05) is 0 Å². The summed E-state index contributed by atoms with van der Waals surface area (Å²) in [7, 11) is 1.74. The van der Waals surface area contributed by atoms with Crippen molar-refractivity contribution in [1.29, 1.82) is 0 Å². The van der Waals surface area contributed by atoms with Crippen LogP contribution in [-0.2, 0) is 6.54 Å². The maximum absolute atomic E-state index is 5.36. The summed E-state index contributed by atoms with van der Waals surface area (Å²) in [4.78, 5) is 2.71. The van der Waals surface area contributed by atoms with Gasteiger partial charge in [0.25, 0.3) is 0 Å². The molecule has 1 saturated carbocycles. The minimum Gasteiger partial charge on any atom is -0.496 e. The lowest BCUT2D eigenvalue weighted by Crippen LogP contribution is -2.39. The average Bonchev–Trinajstić information content (AvgIpc) is 3.32. The zero-order valence-electron chi connectivity index (χ0n) is 13.4. The molecule has 1 aliphatic carbocycles. The molecule has 1 aliphatic heterocycles. The van der Waals surface area contributed by atoms with Crippen LogP contribution in [0.15, 0.2) is 18.2 Å². The number of benzene rings is 1. The van der Waals surface area contributed by atoms with Gasteiger partial charge in [-0.15, -0.1) is 0 Å². The maximum atomic E-state index is 5.36. The topological polar surface area (TPSA) is 24.5 Å². The van der Waals surface area contributed by atoms with E-state index in [0.717, 1.165) is 24.3 Å². The Balaban J connectivity index is 1.63. The second-order valence-corrected chi connectivity index (χ2v) is 6.68. The Morgan fingerprint density at radius 2 is 2.14 bits per heavy atom. The van der Waals surface area contributed by atoms with Crippen LogP contribution in [0.25, 0.3) is 0 Å². The molecule has 3 rings (SSSR count). The molecule has 0 bridgehead atoms. The number of ether oxygens (including phenoxy) is 1. The predicted molar refractivity (Wildman–Crippen MR) is 86.8 cm³/mol. The fourth-order valence-electron chi connectivity index (χ4n) is 3.47. The fourth-order valence-corrected chi connectivity index (χ4v) is 3.47. The molecule has 1 N–H and O–H groups in total. The molecular formula is C18H28N2O. The maximum Gasteiger partial charge on any atom is 0.121 e. The molecule has 2 aliphatic rings. The molecule has 1 atom stereocenters. The summed E-state index contributed by atoms with van der Waals surface area (Å²) in [5.74, 6) is 1.83. The molecule has 3 heteroatoms. The molecule has 1 aromatic carbocycles. The first-order valence-electron chi connectivity index (χ1n) is 8.34. The second kappa shape index (κ2) is 6.80. The molecule has 0 amide bonds. The normalized spacial score (nSPS) is 22.5. The SMILES string of the molecule is COc1ccc(CN(CC2CCCNC2)C2CC2)cc1C. The summed E-state index contributed by atoms with van der Waals surface area (Å²) in [5, 5.41) is 3.54. The molecule has 2 fully saturated rings. The lowest BCUT2D eigenvalue weighted by atomic mass is 9.98. The minimum absolute atomic E-state index is 0.828. The van der Waals surface area contributed by atoms with Gasteiger partial charge in [-0.3, -0.25) is 4.90 Å². The van der Waals surface area contributed by atoms with Gasteiger partial charge in [-0.25, -0.2) is 0 Å². The first kappa shape index (κ1) is 14.9. The number of hydrogen-bond donors (Lipinski definition) is 1. The van der Waals surface area contributed by atoms with Crippen LogP contribution < -0.4 is 10.1 Å². The van der Waals surface area contributed by atoms with Crippen LogP contribution in [0, 0.1) is 12.8 Å². The standard InChI is InChI=1S/C18H28N2O/c1-14-10-15(5-8-18(14)21-2)12-20(17-6-7-17)13-16-4-3-9-19-11-16/h5,8,10,16-17,19H,3-4,6-7,9,11-13H2,1-2H3. The summed E-state index contributed by atoms with van der Waals surface area (Å²) >= 11 is 0. The summed E-state index contributed by atoms with van der Waals surface area (Å²) in [6.07, 6.45) is 5.49. The van der Waals surface area contributed by atoms with Gasteiger partial charge in [0.15, 0.2) is 0 Å². The molecule has 1 unspecified atom stereocenters. The monoisotopic (exact) mass is 288 g/mol. The van der Waals surface area contributed by atoms with Crippen LogP contribution in [0.2, 0.25) is 0 Å². The van der Waals surface area contributed by atoms with E-state index in [-0.39, 0.29) is 0 Å². The predicted octanol–water partition coefficient (Wildman–Crippen LogP) is 2.97. The summed E-state index contributed by atoms with van der Waals surface area (Å²) in [6.45, 7) is 6.88. The van der Waals surface area contributed by atoms with Gasteiger partial charge in [0.1, 0.15) is 5.75 Å². The van der Waals surface area contributed by atoms with Gasteiger partial charge in [0, 0.05) is 19.1 Å². The highest BCUT2D eigenvalue weighted by molar-refractivity contribution is 5.36. The van der Waals surface area contributed by atoms with E-state index in [1.165, 1.54) is 56.4 Å². The number of rotatable bonds is 6. The number of methoxy groups -OCH3 is 1. The molecule has 21 heavy (non-hydrogen) atoms. The molecule has 3 nitrogen and oxygen atoms in total. The number of piperidine rings is 1. The zero-order valence-corrected chi connectivity index (χ0v) is 13.4. The first-order chi connectivity index (χ1) is 10.3. The van der Waals surface area contributed by atoms with Crippen molar-refractivity contribution in [3.63, 3.8) is 0 Å². The van der Waals surface area contributed by atoms with E-state index in [4.69, 9.17) is 4.74 Å². The third-order valence-corrected chi connectivity index (χ3v) is 4.80. The van der Waals surface area contributed by atoms with Crippen molar-refractivity contribution < 1.29 is 4.74 Å². The number of aryl methyl sites for hydroxylation is 1. The molecule has 1 heterocycles. The quantitative estimate of drug-likeness (QED) is 0.871. The van der Waals surface area contributed by atoms with E-state index in [0.29, 0.717) is 0 Å². The summed E-state index contributed by atoms with van der Waals surface area (Å²) in [6, 6.07) is 7.44. The molecule has 0 radical (unpaired) electrons. The highest BCUT2D eigenvalue weighted by Gasteiger charge is 2.30. The van der Waals surface area contributed by atoms with E-state index in [9.17, 15) is 0 Å². The van der Waals surface area contributed by atoms with Gasteiger partial charge in [-0.05, 0) is 68.8 Å². The minimum atomic E-state index is 0.828. The van der Waals surface area contributed by atoms with Crippen LogP contribution >= 0.6 is 0 Å². The Labute approximate surface area is 128 Å². The third kappa shape index (κ3) is 3.98. The molecule has 0 spiro atoms. The largest absolute Gasteiger partial charge is 0.496 e. The summed E-state index contributed by atoms with van der Waals surface area (Å²) < 4.78 is 5.36. The van der Waals surface area contributed by atoms with Gasteiger partial charge >= 0.3 is 0 Å². The van der Waals surface area contributed by atoms with Crippen molar-refractivity contribution in [2.75, 3.05) is 26.7 Å². The smallest absolute Gasteiger partial charge is 0.121 e. The molecular weight excluding hydrogens is 260 g/mol. The van der Waals surface area contributed by atoms with Crippen molar-refractivity contribution in [2.24, 2.45) is 5.92 Å². The Bertz CT molecular complexity index is 464. The summed E-state index contributed by atoms with van der Waals surface area (Å²) in [5.41, 5.74) is 2.66. The van der Waals surface area contributed by atoms with Crippen molar-refractivity contribution in [3.05, 3.63) is 29.3 Å². The Kier molecular flexibility index (Phi) is 4.81. The van der Waals surface area contributed by atoms with Gasteiger partial charge in [0.2, 0.25) is 0 Å². The molecule has 1 aromatic rings. The lowest BCUT2D eigenvalue weighted by Gasteiger charge is -2.30. The van der Waals surface area contributed by atoms with Gasteiger partial charge < -0.3 is 10.1 Å². The van der Waals surface area contributed by atoms with Crippen LogP contribution in [0.3, 0.4) is 0 Å². The van der Waals surface area contributed by atoms with Gasteiger partial charge in [0.05, 0.1) is 7.11 Å². The van der Waals surface area contributed by atoms with Crippen LogP contribution in [0.1, 0.15) is 36.8 Å². The van der Waals surface area contributed by atoms with Crippen molar-refractivity contribution in [2.45, 2.75) is 45.2 Å². The molecule has 1 saturated heterocycles. The van der Waals surface area contributed by atoms with Crippen LogP contribution in [0.5, 0.6) is 5.75 Å². The van der Waals surface area contributed by atoms with Crippen LogP contribution in [-0.4, -0.2) is 37.7 Å².